The lowest BCUT2D eigenvalue weighted by Gasteiger charge is -2.20. The zero-order valence-corrected chi connectivity index (χ0v) is 12.9. The van der Waals surface area contributed by atoms with Gasteiger partial charge in [-0.3, -0.25) is 0 Å². The molecule has 0 aromatic heterocycles. The molecule has 0 fully saturated rings. The van der Waals surface area contributed by atoms with E-state index in [1.807, 2.05) is 17.8 Å². The maximum atomic E-state index is 6.07. The normalized spacial score (nSPS) is 12.2. The Hall–Kier alpha value is -0.180. The molecule has 0 saturated carbocycles. The lowest BCUT2D eigenvalue weighted by molar-refractivity contribution is 0.584. The second-order valence-corrected chi connectivity index (χ2v) is 7.81. The fourth-order valence-electron chi connectivity index (χ4n) is 1.43. The molecule has 0 amide bonds. The standard InChI is InChI=1S/C14H22ClNS/c1-10(2)16-9-11-8-12(15)6-7-13(11)17-14(3,4)5/h6-8,10,16H,9H2,1-5H3. The smallest absolute Gasteiger partial charge is 0.0410 e. The molecular weight excluding hydrogens is 250 g/mol. The van der Waals surface area contributed by atoms with Gasteiger partial charge in [0.15, 0.2) is 0 Å². The summed E-state index contributed by atoms with van der Waals surface area (Å²) in [4.78, 5) is 1.31. The van der Waals surface area contributed by atoms with E-state index in [1.165, 1.54) is 10.5 Å². The molecule has 0 heterocycles. The van der Waals surface area contributed by atoms with Crippen LogP contribution in [-0.2, 0) is 6.54 Å². The minimum atomic E-state index is 0.223. The highest BCUT2D eigenvalue weighted by Gasteiger charge is 2.15. The average molecular weight is 272 g/mol. The third kappa shape index (κ3) is 5.80. The van der Waals surface area contributed by atoms with Gasteiger partial charge in [0.2, 0.25) is 0 Å². The summed E-state index contributed by atoms with van der Waals surface area (Å²) in [5, 5.41) is 4.25. The van der Waals surface area contributed by atoms with Crippen LogP contribution in [-0.4, -0.2) is 10.8 Å². The van der Waals surface area contributed by atoms with E-state index in [9.17, 15) is 0 Å². The third-order valence-electron chi connectivity index (χ3n) is 2.14. The molecule has 0 atom stereocenters. The zero-order valence-electron chi connectivity index (χ0n) is 11.3. The molecule has 1 aromatic carbocycles. The molecular formula is C14H22ClNS. The summed E-state index contributed by atoms with van der Waals surface area (Å²) in [5.41, 5.74) is 1.28. The Bertz CT molecular complexity index is 369. The van der Waals surface area contributed by atoms with Crippen LogP contribution in [0.2, 0.25) is 5.02 Å². The molecule has 1 nitrogen and oxygen atoms in total. The molecule has 3 heteroatoms. The Labute approximate surface area is 114 Å². The van der Waals surface area contributed by atoms with Gasteiger partial charge >= 0.3 is 0 Å². The van der Waals surface area contributed by atoms with E-state index in [4.69, 9.17) is 11.6 Å². The largest absolute Gasteiger partial charge is 0.310 e. The number of thioether (sulfide) groups is 1. The number of benzene rings is 1. The summed E-state index contributed by atoms with van der Waals surface area (Å²) in [6.45, 7) is 11.9. The van der Waals surface area contributed by atoms with Crippen LogP contribution in [0.5, 0.6) is 0 Å². The first kappa shape index (κ1) is 14.9. The third-order valence-corrected chi connectivity index (χ3v) is 3.61. The SMILES string of the molecule is CC(C)NCc1cc(Cl)ccc1SC(C)(C)C. The van der Waals surface area contributed by atoms with E-state index in [1.54, 1.807) is 0 Å². The van der Waals surface area contributed by atoms with E-state index in [2.05, 4.69) is 52.1 Å². The van der Waals surface area contributed by atoms with Gasteiger partial charge in [-0.05, 0) is 23.8 Å². The topological polar surface area (TPSA) is 12.0 Å². The first-order valence-corrected chi connectivity index (χ1v) is 7.18. The maximum absolute atomic E-state index is 6.07. The number of halogens is 1. The van der Waals surface area contributed by atoms with E-state index in [0.29, 0.717) is 6.04 Å². The molecule has 0 radical (unpaired) electrons. The van der Waals surface area contributed by atoms with Gasteiger partial charge in [0.1, 0.15) is 0 Å². The molecule has 0 aliphatic heterocycles. The monoisotopic (exact) mass is 271 g/mol. The summed E-state index contributed by atoms with van der Waals surface area (Å²) in [5.74, 6) is 0. The van der Waals surface area contributed by atoms with Gasteiger partial charge in [0.05, 0.1) is 0 Å². The van der Waals surface area contributed by atoms with Crippen molar-refractivity contribution in [1.29, 1.82) is 0 Å². The van der Waals surface area contributed by atoms with Gasteiger partial charge in [-0.2, -0.15) is 0 Å². The minimum Gasteiger partial charge on any atom is -0.310 e. The predicted octanol–water partition coefficient (Wildman–Crippen LogP) is 4.73. The van der Waals surface area contributed by atoms with E-state index >= 15 is 0 Å². The van der Waals surface area contributed by atoms with Crippen molar-refractivity contribution >= 4 is 23.4 Å². The fourth-order valence-corrected chi connectivity index (χ4v) is 2.68. The number of hydrogen-bond donors (Lipinski definition) is 1. The van der Waals surface area contributed by atoms with Crippen LogP contribution in [0.4, 0.5) is 0 Å². The van der Waals surface area contributed by atoms with Crippen LogP contribution in [0.1, 0.15) is 40.2 Å². The average Bonchev–Trinajstić information content (AvgIpc) is 2.16. The molecule has 96 valence electrons. The first-order valence-electron chi connectivity index (χ1n) is 5.99. The van der Waals surface area contributed by atoms with Crippen LogP contribution in [0.15, 0.2) is 23.1 Å². The second kappa shape index (κ2) is 6.12. The van der Waals surface area contributed by atoms with Crippen molar-refractivity contribution in [3.05, 3.63) is 28.8 Å². The van der Waals surface area contributed by atoms with Crippen LogP contribution in [0.3, 0.4) is 0 Å². The highest BCUT2D eigenvalue weighted by molar-refractivity contribution is 8.00. The number of rotatable bonds is 4. The molecule has 0 aliphatic rings. The van der Waals surface area contributed by atoms with Gasteiger partial charge in [-0.25, -0.2) is 0 Å². The lowest BCUT2D eigenvalue weighted by atomic mass is 10.2. The van der Waals surface area contributed by atoms with Crippen molar-refractivity contribution in [1.82, 2.24) is 5.32 Å². The van der Waals surface area contributed by atoms with E-state index < -0.39 is 0 Å². The number of hydrogen-bond acceptors (Lipinski definition) is 2. The van der Waals surface area contributed by atoms with Gasteiger partial charge in [0.25, 0.3) is 0 Å². The van der Waals surface area contributed by atoms with Crippen molar-refractivity contribution in [2.24, 2.45) is 0 Å². The second-order valence-electron chi connectivity index (χ2n) is 5.50. The Morgan fingerprint density at radius 3 is 2.47 bits per heavy atom. The van der Waals surface area contributed by atoms with Gasteiger partial charge in [0, 0.05) is 27.3 Å². The molecule has 1 N–H and O–H groups in total. The summed E-state index contributed by atoms with van der Waals surface area (Å²) in [7, 11) is 0. The van der Waals surface area contributed by atoms with Crippen molar-refractivity contribution < 1.29 is 0 Å². The molecule has 1 rings (SSSR count). The zero-order chi connectivity index (χ0) is 13.1. The van der Waals surface area contributed by atoms with Crippen molar-refractivity contribution in [3.8, 4) is 0 Å². The van der Waals surface area contributed by atoms with Crippen LogP contribution in [0, 0.1) is 0 Å². The molecule has 0 spiro atoms. The molecule has 0 aliphatic carbocycles. The Kier molecular flexibility index (Phi) is 5.36. The summed E-state index contributed by atoms with van der Waals surface area (Å²) in [6, 6.07) is 6.64. The summed E-state index contributed by atoms with van der Waals surface area (Å²) in [6.07, 6.45) is 0. The lowest BCUT2D eigenvalue weighted by Crippen LogP contribution is -2.22. The maximum Gasteiger partial charge on any atom is 0.0410 e. The summed E-state index contributed by atoms with van der Waals surface area (Å²) < 4.78 is 0.223. The van der Waals surface area contributed by atoms with Crippen molar-refractivity contribution in [2.45, 2.75) is 56.8 Å². The quantitative estimate of drug-likeness (QED) is 0.795. The van der Waals surface area contributed by atoms with Crippen LogP contribution < -0.4 is 5.32 Å². The van der Waals surface area contributed by atoms with E-state index in [-0.39, 0.29) is 4.75 Å². The van der Waals surface area contributed by atoms with Crippen molar-refractivity contribution in [2.75, 3.05) is 0 Å². The Morgan fingerprint density at radius 1 is 1.29 bits per heavy atom. The minimum absolute atomic E-state index is 0.223. The molecule has 1 aromatic rings. The highest BCUT2D eigenvalue weighted by atomic mass is 35.5. The van der Waals surface area contributed by atoms with Crippen LogP contribution >= 0.6 is 23.4 Å². The molecule has 0 saturated heterocycles. The van der Waals surface area contributed by atoms with Gasteiger partial charge < -0.3 is 5.32 Å². The van der Waals surface area contributed by atoms with Crippen molar-refractivity contribution in [3.63, 3.8) is 0 Å². The molecule has 0 unspecified atom stereocenters. The molecule has 0 bridgehead atoms. The highest BCUT2D eigenvalue weighted by Crippen LogP contribution is 2.35. The molecule has 17 heavy (non-hydrogen) atoms. The Balaban J connectivity index is 2.87. The van der Waals surface area contributed by atoms with Crippen LogP contribution in [0.25, 0.3) is 0 Å². The van der Waals surface area contributed by atoms with Gasteiger partial charge in [-0.1, -0.05) is 46.2 Å². The summed E-state index contributed by atoms with van der Waals surface area (Å²) >= 11 is 7.96. The van der Waals surface area contributed by atoms with Gasteiger partial charge in [-0.15, -0.1) is 11.8 Å². The predicted molar refractivity (Wildman–Crippen MR) is 79.0 cm³/mol. The first-order chi connectivity index (χ1) is 7.78. The number of nitrogens with one attached hydrogen (secondary N) is 1. The van der Waals surface area contributed by atoms with E-state index in [0.717, 1.165) is 11.6 Å². The fraction of sp³-hybridized carbons (Fsp3) is 0.571. The Morgan fingerprint density at radius 2 is 1.94 bits per heavy atom.